The molecule has 2 aromatic rings. The summed E-state index contributed by atoms with van der Waals surface area (Å²) in [5.41, 5.74) is 2.09. The number of fused-ring (bicyclic) bond motifs is 1. The van der Waals surface area contributed by atoms with Crippen LogP contribution in [0.2, 0.25) is 5.02 Å². The van der Waals surface area contributed by atoms with Gasteiger partial charge in [0.15, 0.2) is 11.6 Å². The van der Waals surface area contributed by atoms with Crippen molar-refractivity contribution in [1.29, 1.82) is 0 Å². The van der Waals surface area contributed by atoms with Crippen molar-refractivity contribution in [3.63, 3.8) is 0 Å². The largest absolute Gasteiger partial charge is 0.293 e. The van der Waals surface area contributed by atoms with Gasteiger partial charge in [0, 0.05) is 16.1 Å². The van der Waals surface area contributed by atoms with Gasteiger partial charge in [-0.25, -0.2) is 0 Å². The monoisotopic (exact) mass is 324 g/mol. The number of carbonyl (C=O) groups is 2. The summed E-state index contributed by atoms with van der Waals surface area (Å²) in [5.74, 6) is -1.31. The molecule has 0 saturated carbocycles. The van der Waals surface area contributed by atoms with Crippen molar-refractivity contribution >= 4 is 35.1 Å². The topological polar surface area (TPSA) is 58.9 Å². The lowest BCUT2D eigenvalue weighted by Crippen LogP contribution is -2.23. The van der Waals surface area contributed by atoms with E-state index < -0.39 is 5.92 Å². The molecule has 0 radical (unpaired) electrons. The van der Waals surface area contributed by atoms with E-state index in [1.807, 2.05) is 6.07 Å². The van der Waals surface area contributed by atoms with Crippen LogP contribution in [0, 0.1) is 5.92 Å². The first-order valence-corrected chi connectivity index (χ1v) is 7.46. The maximum absolute atomic E-state index is 12.4. The first kappa shape index (κ1) is 15.3. The van der Waals surface area contributed by atoms with Gasteiger partial charge in [-0.15, -0.1) is 0 Å². The lowest BCUT2D eigenvalue weighted by atomic mass is 9.99. The molecule has 114 valence electrons. The van der Waals surface area contributed by atoms with Gasteiger partial charge in [-0.3, -0.25) is 9.59 Å². The molecule has 0 aromatic heterocycles. The van der Waals surface area contributed by atoms with Crippen LogP contribution in [0.3, 0.4) is 0 Å². The van der Waals surface area contributed by atoms with E-state index in [-0.39, 0.29) is 11.6 Å². The van der Waals surface area contributed by atoms with E-state index in [4.69, 9.17) is 11.6 Å². The van der Waals surface area contributed by atoms with E-state index in [9.17, 15) is 9.59 Å². The van der Waals surface area contributed by atoms with E-state index in [1.165, 1.54) is 6.21 Å². The molecule has 0 heterocycles. The summed E-state index contributed by atoms with van der Waals surface area (Å²) in [7, 11) is 0. The molecule has 0 aliphatic heterocycles. The van der Waals surface area contributed by atoms with Gasteiger partial charge in [0.2, 0.25) is 0 Å². The molecule has 0 N–H and O–H groups in total. The van der Waals surface area contributed by atoms with E-state index >= 15 is 0 Å². The number of hydrogen-bond acceptors (Lipinski definition) is 4. The Labute approximate surface area is 138 Å². The molecule has 0 amide bonds. The average Bonchev–Trinajstić information content (AvgIpc) is 2.79. The smallest absolute Gasteiger partial charge is 0.180 e. The highest BCUT2D eigenvalue weighted by Crippen LogP contribution is 2.27. The van der Waals surface area contributed by atoms with E-state index in [2.05, 4.69) is 10.2 Å². The number of rotatable bonds is 3. The molecular formula is C18H13ClN2O2. The zero-order chi connectivity index (χ0) is 16.4. The third-order valence-electron chi connectivity index (χ3n) is 3.67. The summed E-state index contributed by atoms with van der Waals surface area (Å²) >= 11 is 5.89. The number of halogens is 1. The van der Waals surface area contributed by atoms with Crippen LogP contribution < -0.4 is 0 Å². The lowest BCUT2D eigenvalue weighted by Gasteiger charge is -2.03. The summed E-state index contributed by atoms with van der Waals surface area (Å²) < 4.78 is 0. The van der Waals surface area contributed by atoms with Gasteiger partial charge in [0.05, 0.1) is 11.9 Å². The highest BCUT2D eigenvalue weighted by atomic mass is 35.5. The van der Waals surface area contributed by atoms with Crippen LogP contribution in [0.1, 0.15) is 33.2 Å². The molecular weight excluding hydrogens is 312 g/mol. The predicted molar refractivity (Wildman–Crippen MR) is 90.7 cm³/mol. The highest BCUT2D eigenvalue weighted by Gasteiger charge is 2.40. The first-order chi connectivity index (χ1) is 11.1. The van der Waals surface area contributed by atoms with Crippen molar-refractivity contribution in [2.45, 2.75) is 6.92 Å². The summed E-state index contributed by atoms with van der Waals surface area (Å²) in [5, 5.41) is 8.58. The number of nitrogens with zero attached hydrogens (tertiary/aromatic N) is 2. The van der Waals surface area contributed by atoms with Crippen molar-refractivity contribution < 1.29 is 9.59 Å². The fourth-order valence-corrected chi connectivity index (χ4v) is 2.75. The van der Waals surface area contributed by atoms with Crippen LogP contribution in [-0.4, -0.2) is 23.5 Å². The second-order valence-corrected chi connectivity index (χ2v) is 5.68. The van der Waals surface area contributed by atoms with Crippen LogP contribution >= 0.6 is 11.6 Å². The van der Waals surface area contributed by atoms with E-state index in [1.54, 1.807) is 49.4 Å². The first-order valence-electron chi connectivity index (χ1n) is 7.08. The standard InChI is InChI=1S/C18H13ClN2O2/c1-11(21-20-10-12-5-4-6-13(19)9-12)16-17(22)14-7-2-3-8-15(14)18(16)23/h2-10,16H,1H3/b20-10+,21-11+. The van der Waals surface area contributed by atoms with Gasteiger partial charge in [-0.05, 0) is 24.6 Å². The van der Waals surface area contributed by atoms with Crippen molar-refractivity contribution in [1.82, 2.24) is 0 Å². The summed E-state index contributed by atoms with van der Waals surface area (Å²) in [4.78, 5) is 24.7. The molecule has 0 spiro atoms. The molecule has 2 aromatic carbocycles. The predicted octanol–water partition coefficient (Wildman–Crippen LogP) is 3.83. The molecule has 0 bridgehead atoms. The molecule has 0 fully saturated rings. The molecule has 0 atom stereocenters. The number of ketones is 2. The van der Waals surface area contributed by atoms with Crippen molar-refractivity contribution in [2.24, 2.45) is 16.1 Å². The van der Waals surface area contributed by atoms with Gasteiger partial charge < -0.3 is 0 Å². The Morgan fingerprint density at radius 1 is 1.04 bits per heavy atom. The second-order valence-electron chi connectivity index (χ2n) is 5.25. The Morgan fingerprint density at radius 2 is 1.70 bits per heavy atom. The fourth-order valence-electron chi connectivity index (χ4n) is 2.55. The zero-order valence-electron chi connectivity index (χ0n) is 12.4. The highest BCUT2D eigenvalue weighted by molar-refractivity contribution is 6.36. The molecule has 3 rings (SSSR count). The van der Waals surface area contributed by atoms with Gasteiger partial charge in [-0.1, -0.05) is 48.0 Å². The maximum Gasteiger partial charge on any atom is 0.180 e. The SMILES string of the molecule is C/C(=N\N=C\c1cccc(Cl)c1)C1C(=O)c2ccccc2C1=O. The Morgan fingerprint density at radius 3 is 2.30 bits per heavy atom. The summed E-state index contributed by atoms with van der Waals surface area (Å²) in [6, 6.07) is 14.0. The third-order valence-corrected chi connectivity index (χ3v) is 3.91. The molecule has 0 saturated heterocycles. The summed E-state index contributed by atoms with van der Waals surface area (Å²) in [6.07, 6.45) is 1.53. The number of hydrogen-bond donors (Lipinski definition) is 0. The minimum Gasteiger partial charge on any atom is -0.293 e. The number of benzene rings is 2. The Hall–Kier alpha value is -2.59. The van der Waals surface area contributed by atoms with Crippen molar-refractivity contribution in [3.8, 4) is 0 Å². The molecule has 1 aliphatic carbocycles. The van der Waals surface area contributed by atoms with E-state index in [0.29, 0.717) is 21.9 Å². The van der Waals surface area contributed by atoms with Crippen LogP contribution in [0.5, 0.6) is 0 Å². The minimum atomic E-state index is -0.871. The van der Waals surface area contributed by atoms with Gasteiger partial charge in [0.25, 0.3) is 0 Å². The van der Waals surface area contributed by atoms with Crippen LogP contribution in [0.4, 0.5) is 0 Å². The van der Waals surface area contributed by atoms with Crippen LogP contribution in [0.15, 0.2) is 58.7 Å². The third kappa shape index (κ3) is 2.98. The van der Waals surface area contributed by atoms with Gasteiger partial charge in [0.1, 0.15) is 5.92 Å². The van der Waals surface area contributed by atoms with Crippen molar-refractivity contribution in [3.05, 3.63) is 70.2 Å². The molecule has 23 heavy (non-hydrogen) atoms. The van der Waals surface area contributed by atoms with Crippen molar-refractivity contribution in [2.75, 3.05) is 0 Å². The zero-order valence-corrected chi connectivity index (χ0v) is 13.1. The minimum absolute atomic E-state index is 0.218. The van der Waals surface area contributed by atoms with E-state index in [0.717, 1.165) is 5.56 Å². The number of carbonyl (C=O) groups excluding carboxylic acids is 2. The Kier molecular flexibility index (Phi) is 4.17. The van der Waals surface area contributed by atoms with Crippen LogP contribution in [0.25, 0.3) is 0 Å². The molecule has 0 unspecified atom stereocenters. The van der Waals surface area contributed by atoms with Crippen LogP contribution in [-0.2, 0) is 0 Å². The van der Waals surface area contributed by atoms with Gasteiger partial charge in [-0.2, -0.15) is 10.2 Å². The number of Topliss-reactive ketones (excluding diaryl/α,β-unsaturated/α-hetero) is 2. The van der Waals surface area contributed by atoms with Gasteiger partial charge >= 0.3 is 0 Å². The Bertz CT molecular complexity index is 821. The summed E-state index contributed by atoms with van der Waals surface area (Å²) in [6.45, 7) is 1.64. The average molecular weight is 325 g/mol. The fraction of sp³-hybridized carbons (Fsp3) is 0.111. The molecule has 5 heteroatoms. The quantitative estimate of drug-likeness (QED) is 0.489. The molecule has 4 nitrogen and oxygen atoms in total. The lowest BCUT2D eigenvalue weighted by molar-refractivity contribution is 0.0883. The normalized spacial score (nSPS) is 15.5. The maximum atomic E-state index is 12.4. The second kappa shape index (κ2) is 6.26. The molecule has 1 aliphatic rings. The Balaban J connectivity index is 1.82.